The van der Waals surface area contributed by atoms with Gasteiger partial charge in [-0.05, 0) is 38.5 Å². The van der Waals surface area contributed by atoms with E-state index in [1.54, 1.807) is 0 Å². The fourth-order valence-corrected chi connectivity index (χ4v) is 3.52. The third kappa shape index (κ3) is 4.87. The van der Waals surface area contributed by atoms with Gasteiger partial charge >= 0.3 is 0 Å². The van der Waals surface area contributed by atoms with Crippen molar-refractivity contribution in [1.82, 2.24) is 10.2 Å². The van der Waals surface area contributed by atoms with Gasteiger partial charge in [0.1, 0.15) is 0 Å². The number of likely N-dealkylation sites (tertiary alicyclic amines) is 1. The Labute approximate surface area is 130 Å². The molecular formula is C17H33N3O. The fourth-order valence-electron chi connectivity index (χ4n) is 3.52. The predicted molar refractivity (Wildman–Crippen MR) is 88.7 cm³/mol. The highest BCUT2D eigenvalue weighted by Gasteiger charge is 2.29. The lowest BCUT2D eigenvalue weighted by molar-refractivity contribution is 0.114. The first kappa shape index (κ1) is 16.6. The smallest absolute Gasteiger partial charge is 0.193 e. The molecule has 2 fully saturated rings. The molecule has 2 rings (SSSR count). The molecule has 0 amide bonds. The molecule has 0 spiro atoms. The van der Waals surface area contributed by atoms with Crippen LogP contribution >= 0.6 is 0 Å². The van der Waals surface area contributed by atoms with Crippen LogP contribution in [0.25, 0.3) is 0 Å². The average Bonchev–Trinajstić information content (AvgIpc) is 3.11. The fraction of sp³-hybridized carbons (Fsp3) is 0.941. The SMILES string of the molecule is CCNC(=NCC1(C)CCCC1)N1CCC(COCC)C1. The lowest BCUT2D eigenvalue weighted by Gasteiger charge is -2.25. The van der Waals surface area contributed by atoms with Gasteiger partial charge < -0.3 is 15.0 Å². The van der Waals surface area contributed by atoms with Gasteiger partial charge in [0.15, 0.2) is 5.96 Å². The Morgan fingerprint density at radius 1 is 1.33 bits per heavy atom. The Kier molecular flexibility index (Phi) is 6.34. The quantitative estimate of drug-likeness (QED) is 0.605. The van der Waals surface area contributed by atoms with Gasteiger partial charge in [0.2, 0.25) is 0 Å². The van der Waals surface area contributed by atoms with Crippen molar-refractivity contribution >= 4 is 5.96 Å². The first-order valence-electron chi connectivity index (χ1n) is 8.78. The third-order valence-electron chi connectivity index (χ3n) is 4.90. The molecule has 0 bridgehead atoms. The number of guanidine groups is 1. The Morgan fingerprint density at radius 2 is 2.10 bits per heavy atom. The molecule has 1 saturated heterocycles. The Bertz CT molecular complexity index is 337. The highest BCUT2D eigenvalue weighted by Crippen LogP contribution is 2.37. The van der Waals surface area contributed by atoms with Crippen molar-refractivity contribution in [1.29, 1.82) is 0 Å². The van der Waals surface area contributed by atoms with Gasteiger partial charge in [0.25, 0.3) is 0 Å². The summed E-state index contributed by atoms with van der Waals surface area (Å²) < 4.78 is 5.58. The molecule has 1 unspecified atom stereocenters. The van der Waals surface area contributed by atoms with E-state index in [0.29, 0.717) is 11.3 Å². The van der Waals surface area contributed by atoms with E-state index in [2.05, 4.69) is 31.0 Å². The number of nitrogens with one attached hydrogen (secondary N) is 1. The molecule has 1 aliphatic heterocycles. The molecule has 21 heavy (non-hydrogen) atoms. The number of hydrogen-bond acceptors (Lipinski definition) is 2. The van der Waals surface area contributed by atoms with E-state index in [-0.39, 0.29) is 0 Å². The average molecular weight is 295 g/mol. The normalized spacial score (nSPS) is 25.6. The van der Waals surface area contributed by atoms with Gasteiger partial charge in [-0.3, -0.25) is 4.99 Å². The molecule has 122 valence electrons. The first-order valence-corrected chi connectivity index (χ1v) is 8.78. The molecule has 1 atom stereocenters. The molecule has 4 nitrogen and oxygen atoms in total. The van der Waals surface area contributed by atoms with Gasteiger partial charge in [-0.25, -0.2) is 0 Å². The number of ether oxygens (including phenoxy) is 1. The summed E-state index contributed by atoms with van der Waals surface area (Å²) >= 11 is 0. The maximum absolute atomic E-state index is 5.58. The second-order valence-electron chi connectivity index (χ2n) is 6.95. The number of aliphatic imine (C=N–C) groups is 1. The van der Waals surface area contributed by atoms with Gasteiger partial charge in [0, 0.05) is 38.7 Å². The van der Waals surface area contributed by atoms with E-state index in [1.165, 1.54) is 32.1 Å². The summed E-state index contributed by atoms with van der Waals surface area (Å²) in [5.74, 6) is 1.78. The van der Waals surface area contributed by atoms with Crippen LogP contribution in [0.2, 0.25) is 0 Å². The molecule has 0 aromatic heterocycles. The minimum Gasteiger partial charge on any atom is -0.381 e. The summed E-state index contributed by atoms with van der Waals surface area (Å²) in [6, 6.07) is 0. The zero-order chi connectivity index (χ0) is 15.1. The number of rotatable bonds is 6. The maximum atomic E-state index is 5.58. The third-order valence-corrected chi connectivity index (χ3v) is 4.90. The Hall–Kier alpha value is -0.770. The molecule has 1 aliphatic carbocycles. The monoisotopic (exact) mass is 295 g/mol. The van der Waals surface area contributed by atoms with E-state index >= 15 is 0 Å². The van der Waals surface area contributed by atoms with Crippen LogP contribution in [0.4, 0.5) is 0 Å². The highest BCUT2D eigenvalue weighted by molar-refractivity contribution is 5.80. The molecule has 2 aliphatic rings. The minimum absolute atomic E-state index is 0.436. The molecule has 0 aromatic carbocycles. The molecule has 0 radical (unpaired) electrons. The lowest BCUT2D eigenvalue weighted by Crippen LogP contribution is -2.41. The summed E-state index contributed by atoms with van der Waals surface area (Å²) in [6.07, 6.45) is 6.65. The maximum Gasteiger partial charge on any atom is 0.193 e. The van der Waals surface area contributed by atoms with Crippen molar-refractivity contribution in [2.75, 3.05) is 39.4 Å². The van der Waals surface area contributed by atoms with Crippen molar-refractivity contribution < 1.29 is 4.74 Å². The second kappa shape index (κ2) is 8.02. The van der Waals surface area contributed by atoms with Gasteiger partial charge in [-0.1, -0.05) is 19.8 Å². The lowest BCUT2D eigenvalue weighted by atomic mass is 9.89. The first-order chi connectivity index (χ1) is 10.2. The van der Waals surface area contributed by atoms with Crippen molar-refractivity contribution in [2.45, 2.75) is 52.9 Å². The second-order valence-corrected chi connectivity index (χ2v) is 6.95. The molecular weight excluding hydrogens is 262 g/mol. The van der Waals surface area contributed by atoms with Crippen LogP contribution < -0.4 is 5.32 Å². The zero-order valence-corrected chi connectivity index (χ0v) is 14.2. The molecule has 1 saturated carbocycles. The largest absolute Gasteiger partial charge is 0.381 e. The Morgan fingerprint density at radius 3 is 2.76 bits per heavy atom. The van der Waals surface area contributed by atoms with E-state index < -0.39 is 0 Å². The van der Waals surface area contributed by atoms with Crippen LogP contribution in [0.15, 0.2) is 4.99 Å². The van der Waals surface area contributed by atoms with E-state index in [4.69, 9.17) is 9.73 Å². The highest BCUT2D eigenvalue weighted by atomic mass is 16.5. The number of nitrogens with zero attached hydrogens (tertiary/aromatic N) is 2. The van der Waals surface area contributed by atoms with Crippen LogP contribution in [0, 0.1) is 11.3 Å². The predicted octanol–water partition coefficient (Wildman–Crippen LogP) is 2.89. The molecule has 1 heterocycles. The summed E-state index contributed by atoms with van der Waals surface area (Å²) in [7, 11) is 0. The molecule has 0 aromatic rings. The van der Waals surface area contributed by atoms with Crippen LogP contribution in [-0.4, -0.2) is 50.3 Å². The van der Waals surface area contributed by atoms with Crippen molar-refractivity contribution in [3.05, 3.63) is 0 Å². The van der Waals surface area contributed by atoms with Gasteiger partial charge in [-0.2, -0.15) is 0 Å². The molecule has 4 heteroatoms. The minimum atomic E-state index is 0.436. The van der Waals surface area contributed by atoms with Crippen molar-refractivity contribution in [3.63, 3.8) is 0 Å². The van der Waals surface area contributed by atoms with E-state index in [0.717, 1.165) is 45.4 Å². The summed E-state index contributed by atoms with van der Waals surface area (Å²) in [6.45, 7) is 12.5. The van der Waals surface area contributed by atoms with Gasteiger partial charge in [-0.15, -0.1) is 0 Å². The standard InChI is InChI=1S/C17H33N3O/c1-4-18-16(19-14-17(3)9-6-7-10-17)20-11-8-15(12-20)13-21-5-2/h15H,4-14H2,1-3H3,(H,18,19). The Balaban J connectivity index is 1.89. The van der Waals surface area contributed by atoms with Crippen molar-refractivity contribution in [3.8, 4) is 0 Å². The summed E-state index contributed by atoms with van der Waals surface area (Å²) in [5.41, 5.74) is 0.436. The van der Waals surface area contributed by atoms with Crippen molar-refractivity contribution in [2.24, 2.45) is 16.3 Å². The summed E-state index contributed by atoms with van der Waals surface area (Å²) in [4.78, 5) is 7.38. The topological polar surface area (TPSA) is 36.9 Å². The van der Waals surface area contributed by atoms with Gasteiger partial charge in [0.05, 0.1) is 6.61 Å². The van der Waals surface area contributed by atoms with Crippen LogP contribution in [-0.2, 0) is 4.74 Å². The van der Waals surface area contributed by atoms with E-state index in [1.807, 2.05) is 0 Å². The van der Waals surface area contributed by atoms with E-state index in [9.17, 15) is 0 Å². The molecule has 1 N–H and O–H groups in total. The number of hydrogen-bond donors (Lipinski definition) is 1. The van der Waals surface area contributed by atoms with Crippen LogP contribution in [0.1, 0.15) is 52.9 Å². The van der Waals surface area contributed by atoms with Crippen LogP contribution in [0.5, 0.6) is 0 Å². The zero-order valence-electron chi connectivity index (χ0n) is 14.2. The van der Waals surface area contributed by atoms with Crippen LogP contribution in [0.3, 0.4) is 0 Å². The summed E-state index contributed by atoms with van der Waals surface area (Å²) in [5, 5.41) is 3.48.